The molecule has 1 fully saturated rings. The van der Waals surface area contributed by atoms with E-state index in [1.807, 2.05) is 20.8 Å². The van der Waals surface area contributed by atoms with E-state index in [0.717, 1.165) is 5.56 Å². The van der Waals surface area contributed by atoms with Gasteiger partial charge in [0.25, 0.3) is 0 Å². The number of rotatable bonds is 5. The van der Waals surface area contributed by atoms with Crippen LogP contribution in [0.15, 0.2) is 24.3 Å². The van der Waals surface area contributed by atoms with Crippen molar-refractivity contribution < 1.29 is 18.3 Å². The van der Waals surface area contributed by atoms with Gasteiger partial charge in [0.15, 0.2) is 0 Å². The number of carbonyl (C=O) groups excluding carboxylic acids is 1. The second-order valence-corrected chi connectivity index (χ2v) is 5.27. The average Bonchev–Trinajstić information content (AvgIpc) is 2.72. The number of carbonyl (C=O) groups is 1. The summed E-state index contributed by atoms with van der Waals surface area (Å²) >= 11 is 0. The van der Waals surface area contributed by atoms with E-state index in [1.165, 1.54) is 12.1 Å². The van der Waals surface area contributed by atoms with Gasteiger partial charge < -0.3 is 9.64 Å². The normalized spacial score (nSPS) is 25.7. The van der Waals surface area contributed by atoms with Crippen LogP contribution in [0.4, 0.5) is 8.78 Å². The maximum Gasteiger partial charge on any atom is 0.387 e. The number of hydrogen-bond acceptors (Lipinski definition) is 3. The van der Waals surface area contributed by atoms with Crippen molar-refractivity contribution in [3.8, 4) is 5.75 Å². The molecule has 0 spiro atoms. The first-order valence-corrected chi connectivity index (χ1v) is 7.04. The van der Waals surface area contributed by atoms with Crippen LogP contribution in [0.3, 0.4) is 0 Å². The van der Waals surface area contributed by atoms with Crippen molar-refractivity contribution in [2.75, 3.05) is 6.54 Å². The van der Waals surface area contributed by atoms with Crippen LogP contribution in [0.5, 0.6) is 5.75 Å². The maximum atomic E-state index is 12.4. The highest BCUT2D eigenvalue weighted by Crippen LogP contribution is 2.33. The minimum atomic E-state index is -2.84. The summed E-state index contributed by atoms with van der Waals surface area (Å²) in [5.74, 6) is 0.171. The van der Waals surface area contributed by atoms with Crippen molar-refractivity contribution in [1.82, 2.24) is 10.2 Å². The quantitative estimate of drug-likeness (QED) is 0.909. The van der Waals surface area contributed by atoms with Crippen molar-refractivity contribution in [3.05, 3.63) is 29.8 Å². The molecule has 4 nitrogen and oxygen atoms in total. The van der Waals surface area contributed by atoms with Crippen LogP contribution in [0.2, 0.25) is 0 Å². The molecule has 1 aliphatic heterocycles. The molecule has 1 aromatic rings. The van der Waals surface area contributed by atoms with Gasteiger partial charge in [-0.25, -0.2) is 0 Å². The Labute approximate surface area is 123 Å². The summed E-state index contributed by atoms with van der Waals surface area (Å²) in [5, 5.41) is 3.33. The standard InChI is InChI=1S/C15H20F2N2O2/c1-4-15(3)13(20)19(5-2)12(18-15)10-6-8-11(9-7-10)21-14(16)17/h6-9,12,14,18H,4-5H2,1-3H3. The van der Waals surface area contributed by atoms with Crippen LogP contribution >= 0.6 is 0 Å². The predicted molar refractivity (Wildman–Crippen MR) is 75.0 cm³/mol. The second kappa shape index (κ2) is 5.97. The van der Waals surface area contributed by atoms with Crippen LogP contribution in [0.1, 0.15) is 38.9 Å². The molecule has 1 N–H and O–H groups in total. The van der Waals surface area contributed by atoms with Gasteiger partial charge in [-0.3, -0.25) is 10.1 Å². The third kappa shape index (κ3) is 3.00. The molecule has 0 saturated carbocycles. The number of ether oxygens (including phenoxy) is 1. The first kappa shape index (κ1) is 15.7. The Morgan fingerprint density at radius 1 is 1.33 bits per heavy atom. The first-order chi connectivity index (χ1) is 9.91. The smallest absolute Gasteiger partial charge is 0.387 e. The molecule has 0 aliphatic carbocycles. The minimum Gasteiger partial charge on any atom is -0.435 e. The molecule has 21 heavy (non-hydrogen) atoms. The highest BCUT2D eigenvalue weighted by molar-refractivity contribution is 5.88. The lowest BCUT2D eigenvalue weighted by Gasteiger charge is -2.23. The van der Waals surface area contributed by atoms with Crippen LogP contribution in [0.25, 0.3) is 0 Å². The summed E-state index contributed by atoms with van der Waals surface area (Å²) in [6.07, 6.45) is 0.443. The Balaban J connectivity index is 2.22. The zero-order valence-electron chi connectivity index (χ0n) is 12.4. The van der Waals surface area contributed by atoms with Crippen LogP contribution in [-0.4, -0.2) is 29.5 Å². The zero-order valence-corrected chi connectivity index (χ0v) is 12.4. The average molecular weight is 298 g/mol. The lowest BCUT2D eigenvalue weighted by atomic mass is 9.99. The molecule has 0 aromatic heterocycles. The molecule has 1 amide bonds. The topological polar surface area (TPSA) is 41.6 Å². The Bertz CT molecular complexity index is 507. The molecular weight excluding hydrogens is 278 g/mol. The fraction of sp³-hybridized carbons (Fsp3) is 0.533. The molecular formula is C15H20F2N2O2. The van der Waals surface area contributed by atoms with Crippen LogP contribution in [-0.2, 0) is 4.79 Å². The third-order valence-corrected chi connectivity index (χ3v) is 3.97. The number of hydrogen-bond donors (Lipinski definition) is 1. The van der Waals surface area contributed by atoms with E-state index in [0.29, 0.717) is 13.0 Å². The summed E-state index contributed by atoms with van der Waals surface area (Å²) in [5.41, 5.74) is 0.266. The fourth-order valence-electron chi connectivity index (χ4n) is 2.55. The molecule has 0 bridgehead atoms. The Morgan fingerprint density at radius 2 is 1.95 bits per heavy atom. The van der Waals surface area contributed by atoms with Crippen molar-refractivity contribution >= 4 is 5.91 Å². The number of nitrogens with one attached hydrogen (secondary N) is 1. The summed E-state index contributed by atoms with van der Waals surface area (Å²) in [6, 6.07) is 6.38. The van der Waals surface area contributed by atoms with Gasteiger partial charge in [0, 0.05) is 6.54 Å². The van der Waals surface area contributed by atoms with E-state index >= 15 is 0 Å². The van der Waals surface area contributed by atoms with E-state index in [1.54, 1.807) is 17.0 Å². The van der Waals surface area contributed by atoms with E-state index in [2.05, 4.69) is 10.1 Å². The largest absolute Gasteiger partial charge is 0.435 e. The lowest BCUT2D eigenvalue weighted by Crippen LogP contribution is -2.42. The van der Waals surface area contributed by atoms with Crippen LogP contribution < -0.4 is 10.1 Å². The van der Waals surface area contributed by atoms with Gasteiger partial charge in [-0.1, -0.05) is 19.1 Å². The van der Waals surface area contributed by atoms with Gasteiger partial charge in [0.05, 0.1) is 5.54 Å². The Hall–Kier alpha value is -1.69. The number of alkyl halides is 2. The van der Waals surface area contributed by atoms with Crippen molar-refractivity contribution in [3.63, 3.8) is 0 Å². The van der Waals surface area contributed by atoms with Crippen molar-refractivity contribution in [2.24, 2.45) is 0 Å². The van der Waals surface area contributed by atoms with Gasteiger partial charge in [0.1, 0.15) is 11.9 Å². The maximum absolute atomic E-state index is 12.4. The summed E-state index contributed by atoms with van der Waals surface area (Å²) < 4.78 is 28.6. The third-order valence-electron chi connectivity index (χ3n) is 3.97. The van der Waals surface area contributed by atoms with Crippen molar-refractivity contribution in [1.29, 1.82) is 0 Å². The summed E-state index contributed by atoms with van der Waals surface area (Å²) in [7, 11) is 0. The van der Waals surface area contributed by atoms with Gasteiger partial charge >= 0.3 is 6.61 Å². The minimum absolute atomic E-state index is 0.0606. The molecule has 1 aliphatic rings. The Morgan fingerprint density at radius 3 is 2.43 bits per heavy atom. The number of amides is 1. The van der Waals surface area contributed by atoms with E-state index in [-0.39, 0.29) is 17.8 Å². The van der Waals surface area contributed by atoms with E-state index < -0.39 is 12.2 Å². The molecule has 0 radical (unpaired) electrons. The molecule has 6 heteroatoms. The predicted octanol–water partition coefficient (Wildman–Crippen LogP) is 2.91. The number of nitrogens with zero attached hydrogens (tertiary/aromatic N) is 1. The molecule has 2 atom stereocenters. The van der Waals surface area contributed by atoms with Gasteiger partial charge in [0.2, 0.25) is 5.91 Å². The zero-order chi connectivity index (χ0) is 15.6. The Kier molecular flexibility index (Phi) is 4.46. The molecule has 1 heterocycles. The highest BCUT2D eigenvalue weighted by atomic mass is 19.3. The molecule has 1 aromatic carbocycles. The molecule has 2 rings (SSSR count). The van der Waals surface area contributed by atoms with Crippen LogP contribution in [0, 0.1) is 0 Å². The SMILES string of the molecule is CCN1C(=O)C(C)(CC)NC1c1ccc(OC(F)F)cc1. The second-order valence-electron chi connectivity index (χ2n) is 5.27. The number of halogens is 2. The first-order valence-electron chi connectivity index (χ1n) is 7.04. The summed E-state index contributed by atoms with van der Waals surface area (Å²) in [6.45, 7) is 3.51. The lowest BCUT2D eigenvalue weighted by molar-refractivity contribution is -0.132. The van der Waals surface area contributed by atoms with Gasteiger partial charge in [-0.05, 0) is 38.0 Å². The molecule has 116 valence electrons. The molecule has 2 unspecified atom stereocenters. The fourth-order valence-corrected chi connectivity index (χ4v) is 2.55. The van der Waals surface area contributed by atoms with E-state index in [9.17, 15) is 13.6 Å². The van der Waals surface area contributed by atoms with Gasteiger partial charge in [-0.15, -0.1) is 0 Å². The van der Waals surface area contributed by atoms with E-state index in [4.69, 9.17) is 0 Å². The summed E-state index contributed by atoms with van der Waals surface area (Å²) in [4.78, 5) is 14.2. The number of benzene rings is 1. The number of likely N-dealkylation sites (N-methyl/N-ethyl adjacent to an activating group) is 1. The highest BCUT2D eigenvalue weighted by Gasteiger charge is 2.46. The monoisotopic (exact) mass is 298 g/mol. The van der Waals surface area contributed by atoms with Crippen molar-refractivity contribution in [2.45, 2.75) is 45.5 Å². The van der Waals surface area contributed by atoms with Gasteiger partial charge in [-0.2, -0.15) is 8.78 Å². The molecule has 1 saturated heterocycles.